The molecule has 17 heteroatoms. The molecule has 2 saturated carbocycles. The first-order chi connectivity index (χ1) is 28.5. The third kappa shape index (κ3) is 9.98. The van der Waals surface area contributed by atoms with Gasteiger partial charge in [0.2, 0.25) is 4.38 Å². The Kier molecular flexibility index (Phi) is 19.2. The summed E-state index contributed by atoms with van der Waals surface area (Å²) < 4.78 is 24.7. The zero-order valence-corrected chi connectivity index (χ0v) is 42.7. The first-order valence-electron chi connectivity index (χ1n) is 20.7. The Morgan fingerprint density at radius 1 is 1.03 bits per heavy atom. The molecule has 1 amide bonds. The van der Waals surface area contributed by atoms with Crippen molar-refractivity contribution < 1.29 is 140 Å². The summed E-state index contributed by atoms with van der Waals surface area (Å²) in [5.41, 5.74) is -6.17. The standard InChI is InChI=1S/C45H57NO12S2.Ac.Ar/c1-6-7-8-9-16-21-60-41(59)58-44-24-55-31(44)22-30(48)43(5)36(44)38(56-25-47)45(54)23-29(26(2)32(42(45,3)4)34(49)37(43)51)57-40(53)35(50)33(27-17-12-10-13-18-27)46-39(52)28-19-14-11-15-20-28;;/h10-15,17-20,25,29-31,33-36,38,48-50,54H,6-9,16,21-24H2,1-5H3,(H,46,52);;/t29-,30-,31?,33-,34+,35+,36-,38-,43+,44-,45+;;/m0../s1. The molecule has 3 aliphatic carbocycles. The molecule has 1 saturated heterocycles. The van der Waals surface area contributed by atoms with Crippen molar-refractivity contribution in [3.63, 3.8) is 0 Å². The van der Waals surface area contributed by atoms with E-state index in [-0.39, 0.29) is 117 Å². The Balaban J connectivity index is 0.00000422. The zero-order chi connectivity index (χ0) is 43.6. The van der Waals surface area contributed by atoms with Gasteiger partial charge in [0.15, 0.2) is 17.5 Å². The smallest absolute Gasteiger partial charge is 0.338 e. The normalized spacial score (nSPS) is 31.7. The summed E-state index contributed by atoms with van der Waals surface area (Å²) in [6, 6.07) is 15.4. The molecule has 1 aliphatic heterocycles. The Labute approximate surface area is 438 Å². The molecule has 0 spiro atoms. The number of thiocarbonyl (C=S) groups is 1. The van der Waals surface area contributed by atoms with Gasteiger partial charge in [-0.2, -0.15) is 0 Å². The van der Waals surface area contributed by atoms with Crippen molar-refractivity contribution in [3.05, 3.63) is 82.9 Å². The number of aliphatic hydroxyl groups excluding tert-OH is 3. The number of hydrogen-bond acceptors (Lipinski definition) is 14. The number of nitrogens with one attached hydrogen (secondary N) is 1. The minimum Gasteiger partial charge on any atom is -0.466 e. The molecule has 337 valence electrons. The molecule has 3 fully saturated rings. The van der Waals surface area contributed by atoms with Crippen LogP contribution in [0.4, 0.5) is 0 Å². The Hall–Kier alpha value is -0.999. The maximum atomic E-state index is 15.0. The van der Waals surface area contributed by atoms with E-state index in [1.807, 2.05) is 0 Å². The summed E-state index contributed by atoms with van der Waals surface area (Å²) in [5.74, 6) is -3.20. The van der Waals surface area contributed by atoms with Gasteiger partial charge in [-0.3, -0.25) is 14.4 Å². The van der Waals surface area contributed by atoms with Gasteiger partial charge in [-0.15, -0.1) is 0 Å². The minimum absolute atomic E-state index is 0. The van der Waals surface area contributed by atoms with Crippen molar-refractivity contribution in [1.82, 2.24) is 5.32 Å². The molecule has 2 bridgehead atoms. The number of carbonyl (C=O) groups excluding carboxylic acids is 4. The van der Waals surface area contributed by atoms with Crippen LogP contribution in [0.1, 0.15) is 102 Å². The molecular formula is C45H57AcArNO12S2. The fourth-order valence-corrected chi connectivity index (χ4v) is 11.2. The van der Waals surface area contributed by atoms with Crippen LogP contribution < -0.4 is 5.32 Å². The molecule has 5 N–H and O–H groups in total. The molecule has 11 atom stereocenters. The second-order valence-corrected chi connectivity index (χ2v) is 18.9. The number of carbonyl (C=O) groups is 4. The van der Waals surface area contributed by atoms with Gasteiger partial charge in [-0.05, 0) is 61.3 Å². The molecule has 0 aromatic heterocycles. The first-order valence-corrected chi connectivity index (χ1v) is 22.1. The van der Waals surface area contributed by atoms with Crippen LogP contribution in [0.15, 0.2) is 71.8 Å². The quantitative estimate of drug-likeness (QED) is 0.0530. The van der Waals surface area contributed by atoms with Gasteiger partial charge in [0.1, 0.15) is 30.0 Å². The summed E-state index contributed by atoms with van der Waals surface area (Å²) in [6.07, 6.45) is -4.40. The SMILES string of the molecule is CCCCCCCSC(=S)O[C@@]12COC1C[C@H](O)[C@@]1(C)C(=O)[C@H](O)C3=C(C)[C@@H](OC(=O)[C@H](O)[C@@H](NC(=O)c4ccccc4)c4ccccc4)C[C@@](O)([C@@H](OC=O)[C@@H]12)C3(C)C.[Ac].[Ar]. The number of Topliss-reactive ketones (excluding diaryl/α,β-unsaturated/α-hetero) is 1. The first kappa shape index (κ1) is 53.6. The fraction of sp³-hybridized carbons (Fsp3) is 0.578. The predicted molar refractivity (Wildman–Crippen MR) is 227 cm³/mol. The zero-order valence-electron chi connectivity index (χ0n) is 35.6. The van der Waals surface area contributed by atoms with Crippen molar-refractivity contribution in [3.8, 4) is 0 Å². The van der Waals surface area contributed by atoms with Crippen molar-refractivity contribution in [2.24, 2.45) is 16.7 Å². The van der Waals surface area contributed by atoms with E-state index in [1.165, 1.54) is 18.7 Å². The number of rotatable bonds is 15. The van der Waals surface area contributed by atoms with E-state index < -0.39 is 94.7 Å². The molecule has 2 aromatic rings. The van der Waals surface area contributed by atoms with Gasteiger partial charge in [0.05, 0.1) is 30.1 Å². The van der Waals surface area contributed by atoms with Gasteiger partial charge in [0, 0.05) is 111 Å². The van der Waals surface area contributed by atoms with Gasteiger partial charge < -0.3 is 44.7 Å². The Morgan fingerprint density at radius 3 is 2.26 bits per heavy atom. The van der Waals surface area contributed by atoms with E-state index in [0.29, 0.717) is 16.9 Å². The van der Waals surface area contributed by atoms with Gasteiger partial charge in [0.25, 0.3) is 12.4 Å². The number of unbranched alkanes of at least 4 members (excludes halogenated alkanes) is 4. The number of amides is 1. The van der Waals surface area contributed by atoms with Crippen molar-refractivity contribution in [2.75, 3.05) is 12.4 Å². The third-order valence-electron chi connectivity index (χ3n) is 13.6. The second kappa shape index (κ2) is 22.2. The van der Waals surface area contributed by atoms with Crippen LogP contribution in [-0.4, -0.2) is 109 Å². The van der Waals surface area contributed by atoms with Crippen LogP contribution in [-0.2, 0) is 33.3 Å². The van der Waals surface area contributed by atoms with Crippen molar-refractivity contribution >= 4 is 52.5 Å². The number of benzene rings is 2. The largest absolute Gasteiger partial charge is 0.466 e. The number of aliphatic hydroxyl groups is 4. The topological polar surface area (TPSA) is 198 Å². The maximum absolute atomic E-state index is 15.0. The van der Waals surface area contributed by atoms with E-state index in [4.69, 9.17) is 31.2 Å². The molecule has 13 nitrogen and oxygen atoms in total. The number of ether oxygens (including phenoxy) is 4. The summed E-state index contributed by atoms with van der Waals surface area (Å²) in [6.45, 7) is 8.41. The van der Waals surface area contributed by atoms with Gasteiger partial charge in [-0.1, -0.05) is 107 Å². The molecule has 1 radical (unpaired) electrons. The van der Waals surface area contributed by atoms with Crippen molar-refractivity contribution in [1.29, 1.82) is 0 Å². The Bertz CT molecular complexity index is 1960. The van der Waals surface area contributed by atoms with Gasteiger partial charge in [-0.25, -0.2) is 4.79 Å². The van der Waals surface area contributed by atoms with E-state index in [9.17, 15) is 39.6 Å². The number of fused-ring (bicyclic) bond motifs is 5. The molecule has 4 aliphatic rings. The maximum Gasteiger partial charge on any atom is 0.338 e. The molecule has 2 aromatic carbocycles. The number of ketones is 1. The molecule has 6 rings (SSSR count). The Morgan fingerprint density at radius 2 is 1.66 bits per heavy atom. The fourth-order valence-electron chi connectivity index (χ4n) is 10.0. The van der Waals surface area contributed by atoms with E-state index in [2.05, 4.69) is 12.2 Å². The monoisotopic (exact) mass is 1130 g/mol. The van der Waals surface area contributed by atoms with Crippen LogP contribution in [0.3, 0.4) is 0 Å². The summed E-state index contributed by atoms with van der Waals surface area (Å²) in [4.78, 5) is 55.0. The second-order valence-electron chi connectivity index (χ2n) is 17.2. The van der Waals surface area contributed by atoms with E-state index in [1.54, 1.807) is 81.4 Å². The van der Waals surface area contributed by atoms with Crippen LogP contribution in [0.2, 0.25) is 0 Å². The molecule has 62 heavy (non-hydrogen) atoms. The molecule has 1 unspecified atom stereocenters. The number of thioether (sulfide) groups is 1. The van der Waals surface area contributed by atoms with E-state index in [0.717, 1.165) is 32.1 Å². The van der Waals surface area contributed by atoms with Crippen LogP contribution in [0, 0.1) is 98.5 Å². The average Bonchev–Trinajstić information content (AvgIpc) is 3.22. The van der Waals surface area contributed by atoms with Crippen LogP contribution in [0.25, 0.3) is 0 Å². The number of hydrogen-bond donors (Lipinski definition) is 5. The molecular weight excluding hydrogens is 1080 g/mol. The summed E-state index contributed by atoms with van der Waals surface area (Å²) in [7, 11) is 0. The van der Waals surface area contributed by atoms with E-state index >= 15 is 0 Å². The summed E-state index contributed by atoms with van der Waals surface area (Å²) in [5, 5.41) is 51.8. The number of esters is 1. The summed E-state index contributed by atoms with van der Waals surface area (Å²) >= 11 is 7.07. The predicted octanol–water partition coefficient (Wildman–Crippen LogP) is 4.92. The van der Waals surface area contributed by atoms with Gasteiger partial charge >= 0.3 is 5.97 Å². The third-order valence-corrected chi connectivity index (χ3v) is 14.8. The molecule has 1 heterocycles. The van der Waals surface area contributed by atoms with Crippen molar-refractivity contribution in [2.45, 2.75) is 133 Å². The van der Waals surface area contributed by atoms with Crippen LogP contribution in [0.5, 0.6) is 0 Å². The minimum atomic E-state index is -2.21. The van der Waals surface area contributed by atoms with Crippen LogP contribution >= 0.6 is 24.0 Å². The average molecular weight is 1140 g/mol.